The number of esters is 1. The molecule has 4 aromatic rings. The van der Waals surface area contributed by atoms with Gasteiger partial charge in [-0.15, -0.1) is 0 Å². The smallest absolute Gasteiger partial charge is 0.316 e. The van der Waals surface area contributed by atoms with Crippen LogP contribution >= 0.6 is 0 Å². The second kappa shape index (κ2) is 11.2. The number of rotatable bonds is 7. The third kappa shape index (κ3) is 6.15. The number of benzene rings is 4. The van der Waals surface area contributed by atoms with Crippen molar-refractivity contribution >= 4 is 23.5 Å². The minimum atomic E-state index is -0.553. The number of carbonyl (C=O) groups excluding carboxylic acids is 3. The zero-order chi connectivity index (χ0) is 27.4. The summed E-state index contributed by atoms with van der Waals surface area (Å²) in [6, 6.07) is 28.7. The van der Waals surface area contributed by atoms with E-state index in [9.17, 15) is 19.5 Å². The van der Waals surface area contributed by atoms with Gasteiger partial charge in [0.05, 0.1) is 5.92 Å². The van der Waals surface area contributed by atoms with E-state index >= 15 is 0 Å². The van der Waals surface area contributed by atoms with E-state index in [-0.39, 0.29) is 37.1 Å². The zero-order valence-electron chi connectivity index (χ0n) is 21.5. The Hall–Kier alpha value is -4.91. The summed E-state index contributed by atoms with van der Waals surface area (Å²) in [5, 5.41) is 12.5. The third-order valence-corrected chi connectivity index (χ3v) is 6.70. The first kappa shape index (κ1) is 25.7. The Morgan fingerprint density at radius 2 is 1.67 bits per heavy atom. The number of aromatic hydroxyl groups is 1. The fraction of sp³-hybridized carbons (Fsp3) is 0.156. The lowest BCUT2D eigenvalue weighted by Gasteiger charge is -2.18. The predicted octanol–water partition coefficient (Wildman–Crippen LogP) is 5.26. The predicted molar refractivity (Wildman–Crippen MR) is 148 cm³/mol. The molecule has 1 aliphatic rings. The first-order valence-corrected chi connectivity index (χ1v) is 12.7. The van der Waals surface area contributed by atoms with Crippen LogP contribution in [0.5, 0.6) is 11.5 Å². The third-order valence-electron chi connectivity index (χ3n) is 6.70. The van der Waals surface area contributed by atoms with Crippen LogP contribution in [0, 0.1) is 12.8 Å². The summed E-state index contributed by atoms with van der Waals surface area (Å²) in [4.78, 5) is 39.9. The van der Waals surface area contributed by atoms with Crippen molar-refractivity contribution in [2.75, 3.05) is 11.4 Å². The zero-order valence-corrected chi connectivity index (χ0v) is 21.5. The first-order chi connectivity index (χ1) is 18.9. The van der Waals surface area contributed by atoms with E-state index in [4.69, 9.17) is 4.74 Å². The fourth-order valence-corrected chi connectivity index (χ4v) is 4.53. The molecule has 0 radical (unpaired) electrons. The van der Waals surface area contributed by atoms with Crippen molar-refractivity contribution in [3.8, 4) is 22.6 Å². The molecule has 39 heavy (non-hydrogen) atoms. The van der Waals surface area contributed by atoms with Gasteiger partial charge in [0.2, 0.25) is 5.91 Å². The van der Waals surface area contributed by atoms with Gasteiger partial charge in [0, 0.05) is 30.8 Å². The van der Waals surface area contributed by atoms with Crippen molar-refractivity contribution in [3.05, 3.63) is 114 Å². The van der Waals surface area contributed by atoms with Crippen molar-refractivity contribution in [3.63, 3.8) is 0 Å². The molecule has 4 aromatic carbocycles. The molecule has 5 rings (SSSR count). The summed E-state index contributed by atoms with van der Waals surface area (Å²) in [6.07, 6.45) is 0.0863. The maximum Gasteiger partial charge on any atom is 0.316 e. The highest BCUT2D eigenvalue weighted by Gasteiger charge is 2.36. The van der Waals surface area contributed by atoms with Gasteiger partial charge in [0.25, 0.3) is 5.91 Å². The molecule has 1 aliphatic heterocycles. The molecule has 7 heteroatoms. The van der Waals surface area contributed by atoms with Gasteiger partial charge in [-0.3, -0.25) is 14.4 Å². The van der Waals surface area contributed by atoms with E-state index < -0.39 is 11.9 Å². The summed E-state index contributed by atoms with van der Waals surface area (Å²) in [6.45, 7) is 2.47. The Morgan fingerprint density at radius 1 is 0.923 bits per heavy atom. The Balaban J connectivity index is 1.21. The molecule has 2 amide bonds. The highest BCUT2D eigenvalue weighted by molar-refractivity contribution is 6.00. The number of nitrogens with zero attached hydrogens (tertiary/aromatic N) is 1. The number of carbonyl (C=O) groups is 3. The van der Waals surface area contributed by atoms with Crippen molar-refractivity contribution in [2.24, 2.45) is 5.92 Å². The minimum Gasteiger partial charge on any atom is -0.508 e. The van der Waals surface area contributed by atoms with Crippen LogP contribution in [-0.2, 0) is 16.1 Å². The Bertz CT molecular complexity index is 1510. The van der Waals surface area contributed by atoms with Gasteiger partial charge in [-0.2, -0.15) is 0 Å². The summed E-state index contributed by atoms with van der Waals surface area (Å²) < 4.78 is 5.48. The Labute approximate surface area is 226 Å². The Morgan fingerprint density at radius 3 is 2.44 bits per heavy atom. The quantitative estimate of drug-likeness (QED) is 0.256. The Kier molecular flexibility index (Phi) is 7.41. The van der Waals surface area contributed by atoms with Crippen molar-refractivity contribution in [1.29, 1.82) is 0 Å². The van der Waals surface area contributed by atoms with Crippen LogP contribution in [0.4, 0.5) is 5.69 Å². The monoisotopic (exact) mass is 520 g/mol. The molecule has 196 valence electrons. The second-order valence-electron chi connectivity index (χ2n) is 9.62. The molecule has 1 atom stereocenters. The van der Waals surface area contributed by atoms with Gasteiger partial charge in [0.15, 0.2) is 0 Å². The number of anilines is 1. The molecule has 1 unspecified atom stereocenters. The molecule has 0 spiro atoms. The van der Waals surface area contributed by atoms with E-state index in [0.29, 0.717) is 17.0 Å². The molecule has 1 saturated heterocycles. The van der Waals surface area contributed by atoms with E-state index in [1.165, 1.54) is 0 Å². The lowest BCUT2D eigenvalue weighted by Crippen LogP contribution is -2.27. The number of nitrogens with one attached hydrogen (secondary N) is 1. The lowest BCUT2D eigenvalue weighted by atomic mass is 10.0. The van der Waals surface area contributed by atoms with Gasteiger partial charge in [0.1, 0.15) is 11.5 Å². The van der Waals surface area contributed by atoms with Crippen molar-refractivity contribution in [1.82, 2.24) is 5.32 Å². The average Bonchev–Trinajstić information content (AvgIpc) is 3.35. The van der Waals surface area contributed by atoms with Gasteiger partial charge in [-0.05, 0) is 72.1 Å². The summed E-state index contributed by atoms with van der Waals surface area (Å²) in [7, 11) is 0. The molecule has 0 bridgehead atoms. The molecule has 0 aliphatic carbocycles. The number of hydrogen-bond acceptors (Lipinski definition) is 5. The van der Waals surface area contributed by atoms with Gasteiger partial charge in [-0.1, -0.05) is 54.1 Å². The number of ether oxygens (including phenoxy) is 1. The molecule has 0 saturated carbocycles. The topological polar surface area (TPSA) is 95.9 Å². The summed E-state index contributed by atoms with van der Waals surface area (Å²) >= 11 is 0. The lowest BCUT2D eigenvalue weighted by molar-refractivity contribution is -0.139. The highest BCUT2D eigenvalue weighted by atomic mass is 16.5. The maximum atomic E-state index is 12.9. The van der Waals surface area contributed by atoms with Crippen LogP contribution in [-0.4, -0.2) is 29.4 Å². The highest BCUT2D eigenvalue weighted by Crippen LogP contribution is 2.28. The average molecular weight is 521 g/mol. The standard InChI is InChI=1S/C32H28N2O5/c1-21-8-14-29(15-9-21)39-32(38)26-18-30(36)34(20-26)27-7-2-4-22(16-27)19-33-31(37)25-6-3-5-24(17-25)23-10-12-28(35)13-11-23/h2-17,26,35H,18-20H2,1H3,(H,33,37). The normalized spacial score (nSPS) is 14.7. The number of aryl methyl sites for hydroxylation is 1. The van der Waals surface area contributed by atoms with Crippen LogP contribution in [0.1, 0.15) is 27.9 Å². The van der Waals surface area contributed by atoms with Crippen molar-refractivity contribution in [2.45, 2.75) is 19.9 Å². The van der Waals surface area contributed by atoms with E-state index in [2.05, 4.69) is 5.32 Å². The van der Waals surface area contributed by atoms with Crippen LogP contribution in [0.3, 0.4) is 0 Å². The maximum absolute atomic E-state index is 12.9. The van der Waals surface area contributed by atoms with Crippen LogP contribution in [0.15, 0.2) is 97.1 Å². The summed E-state index contributed by atoms with van der Waals surface area (Å²) in [5.74, 6) is -0.702. The van der Waals surface area contributed by atoms with E-state index in [1.54, 1.807) is 53.4 Å². The SMILES string of the molecule is Cc1ccc(OC(=O)C2CC(=O)N(c3cccc(CNC(=O)c4cccc(-c5ccc(O)cc5)c4)c3)C2)cc1. The largest absolute Gasteiger partial charge is 0.508 e. The number of amides is 2. The number of hydrogen-bond donors (Lipinski definition) is 2. The molecule has 1 heterocycles. The molecule has 1 fully saturated rings. The van der Waals surface area contributed by atoms with Crippen molar-refractivity contribution < 1.29 is 24.2 Å². The number of phenols is 1. The minimum absolute atomic E-state index is 0.0863. The molecular weight excluding hydrogens is 492 g/mol. The second-order valence-corrected chi connectivity index (χ2v) is 9.62. The molecular formula is C32H28N2O5. The van der Waals surface area contributed by atoms with Crippen LogP contribution in [0.2, 0.25) is 0 Å². The van der Waals surface area contributed by atoms with Gasteiger partial charge in [-0.25, -0.2) is 0 Å². The molecule has 7 nitrogen and oxygen atoms in total. The summed E-state index contributed by atoms with van der Waals surface area (Å²) in [5.41, 5.74) is 4.84. The van der Waals surface area contributed by atoms with E-state index in [0.717, 1.165) is 22.3 Å². The first-order valence-electron chi connectivity index (χ1n) is 12.7. The van der Waals surface area contributed by atoms with Gasteiger partial charge >= 0.3 is 5.97 Å². The number of phenolic OH excluding ortho intramolecular Hbond substituents is 1. The van der Waals surface area contributed by atoms with Crippen LogP contribution in [0.25, 0.3) is 11.1 Å². The molecule has 0 aromatic heterocycles. The van der Waals surface area contributed by atoms with Gasteiger partial charge < -0.3 is 20.1 Å². The van der Waals surface area contributed by atoms with E-state index in [1.807, 2.05) is 55.5 Å². The van der Waals surface area contributed by atoms with Crippen LogP contribution < -0.4 is 15.0 Å². The molecule has 2 N–H and O–H groups in total. The fourth-order valence-electron chi connectivity index (χ4n) is 4.53.